The number of ether oxygens (including phenoxy) is 5. The lowest BCUT2D eigenvalue weighted by atomic mass is 10.0. The first-order chi connectivity index (χ1) is 26.0. The van der Waals surface area contributed by atoms with Crippen LogP contribution < -0.4 is 5.32 Å². The van der Waals surface area contributed by atoms with E-state index in [1.165, 1.54) is 20.8 Å². The molecule has 0 radical (unpaired) electrons. The number of rotatable bonds is 26. The number of carbonyl (C=O) groups is 7. The molecule has 55 heavy (non-hydrogen) atoms. The lowest BCUT2D eigenvalue weighted by Gasteiger charge is -2.28. The summed E-state index contributed by atoms with van der Waals surface area (Å²) in [6.45, 7) is 2.78. The number of hydrogen-bond acceptors (Lipinski definition) is 18. The van der Waals surface area contributed by atoms with E-state index >= 15 is 0 Å². The first kappa shape index (κ1) is 54.6. The molecule has 0 aromatic carbocycles. The Kier molecular flexibility index (Phi) is 34.7. The predicted octanol–water partition coefficient (Wildman–Crippen LogP) is 0.496. The van der Waals surface area contributed by atoms with Gasteiger partial charge in [-0.15, -0.1) is 0 Å². The highest BCUT2D eigenvalue weighted by atomic mass is 79.9. The molecule has 314 valence electrons. The highest BCUT2D eigenvalue weighted by Gasteiger charge is 2.30. The molecule has 0 rings (SSSR count). The number of aliphatic hydroxyl groups is 4. The molecule has 0 saturated heterocycles. The molecule has 3 unspecified atom stereocenters. The van der Waals surface area contributed by atoms with E-state index in [9.17, 15) is 33.6 Å². The number of amides is 1. The molecule has 0 spiro atoms. The van der Waals surface area contributed by atoms with Crippen LogP contribution in [0.25, 0.3) is 20.9 Å². The summed E-state index contributed by atoms with van der Waals surface area (Å²) in [6.07, 6.45) is -3.12. The molecule has 1 amide bonds. The summed E-state index contributed by atoms with van der Waals surface area (Å²) in [7, 11) is 0. The van der Waals surface area contributed by atoms with Crippen molar-refractivity contribution < 1.29 is 82.8 Å². The Labute approximate surface area is 324 Å². The van der Waals surface area contributed by atoms with Gasteiger partial charge < -0.3 is 54.5 Å². The van der Waals surface area contributed by atoms with Gasteiger partial charge in [-0.1, -0.05) is 26.2 Å². The largest absolute Gasteiger partial charge is 0.481 e. The normalized spacial score (nSPS) is 11.7. The highest BCUT2D eigenvalue weighted by molar-refractivity contribution is 9.09. The SMILES string of the molecule is CC(O)C(=O)OCCCBr.CC(OC(=O)CCC(=O)NC(CO)(CO)CO)C(=O)OCCCN=[N+]=[N-].CC(OC(=O)CCC(=O)O)C(=O)OCCCN=[N+]=[N-]. The number of esters is 5. The maximum absolute atomic E-state index is 11.7. The van der Waals surface area contributed by atoms with Crippen LogP contribution in [0.15, 0.2) is 10.2 Å². The van der Waals surface area contributed by atoms with Crippen molar-refractivity contribution in [2.24, 2.45) is 10.2 Å². The summed E-state index contributed by atoms with van der Waals surface area (Å²) >= 11 is 3.18. The molecule has 0 saturated carbocycles. The number of alkyl halides is 1. The third kappa shape index (κ3) is 32.4. The molecule has 0 aromatic rings. The molecule has 0 aliphatic rings. The number of nitrogens with one attached hydrogen (secondary N) is 1. The number of carbonyl (C=O) groups excluding carboxylic acids is 6. The van der Waals surface area contributed by atoms with E-state index in [1.54, 1.807) is 0 Å². The molecule has 0 bridgehead atoms. The average molecular weight is 861 g/mol. The van der Waals surface area contributed by atoms with E-state index in [1.807, 2.05) is 0 Å². The van der Waals surface area contributed by atoms with Gasteiger partial charge in [0.1, 0.15) is 11.6 Å². The van der Waals surface area contributed by atoms with Gasteiger partial charge in [0, 0.05) is 34.7 Å². The number of nitrogens with zero attached hydrogens (tertiary/aromatic N) is 6. The van der Waals surface area contributed by atoms with Gasteiger partial charge in [0.2, 0.25) is 5.91 Å². The van der Waals surface area contributed by atoms with Gasteiger partial charge in [0.15, 0.2) is 12.2 Å². The molecule has 0 heterocycles. The Balaban J connectivity index is -0.000000812. The van der Waals surface area contributed by atoms with Crippen LogP contribution in [0.2, 0.25) is 0 Å². The summed E-state index contributed by atoms with van der Waals surface area (Å²) in [5.74, 6) is -5.46. The van der Waals surface area contributed by atoms with Crippen LogP contribution in [0, 0.1) is 0 Å². The van der Waals surface area contributed by atoms with Crippen molar-refractivity contribution in [3.63, 3.8) is 0 Å². The van der Waals surface area contributed by atoms with Crippen molar-refractivity contribution in [2.45, 2.75) is 89.6 Å². The van der Waals surface area contributed by atoms with Crippen LogP contribution in [0.5, 0.6) is 0 Å². The molecule has 6 N–H and O–H groups in total. The zero-order valence-corrected chi connectivity index (χ0v) is 32.3. The van der Waals surface area contributed by atoms with Gasteiger partial charge in [0.05, 0.1) is 58.9 Å². The fourth-order valence-corrected chi connectivity index (χ4v) is 3.18. The average Bonchev–Trinajstić information content (AvgIpc) is 3.15. The molecular formula is C30H50BrN7O17. The lowest BCUT2D eigenvalue weighted by Crippen LogP contribution is -2.57. The number of hydrogen-bond donors (Lipinski definition) is 6. The van der Waals surface area contributed by atoms with Gasteiger partial charge in [0.25, 0.3) is 0 Å². The fourth-order valence-electron chi connectivity index (χ4n) is 2.95. The van der Waals surface area contributed by atoms with Crippen molar-refractivity contribution in [1.82, 2.24) is 5.32 Å². The Morgan fingerprint density at radius 1 is 0.691 bits per heavy atom. The molecule has 0 aliphatic heterocycles. The summed E-state index contributed by atoms with van der Waals surface area (Å²) in [4.78, 5) is 83.2. The number of azide groups is 2. The Morgan fingerprint density at radius 2 is 1.09 bits per heavy atom. The van der Waals surface area contributed by atoms with Gasteiger partial charge in [-0.25, -0.2) is 14.4 Å². The van der Waals surface area contributed by atoms with Crippen molar-refractivity contribution in [3.05, 3.63) is 20.9 Å². The second kappa shape index (κ2) is 35.0. The topological polar surface area (TPSA) is 376 Å². The fraction of sp³-hybridized carbons (Fsp3) is 0.767. The Hall–Kier alpha value is -4.77. The number of aliphatic hydroxyl groups excluding tert-OH is 4. The first-order valence-corrected chi connectivity index (χ1v) is 17.6. The minimum Gasteiger partial charge on any atom is -0.481 e. The van der Waals surface area contributed by atoms with Crippen LogP contribution in [-0.2, 0) is 57.2 Å². The zero-order chi connectivity index (χ0) is 42.7. The molecule has 0 fully saturated rings. The van der Waals surface area contributed by atoms with Crippen LogP contribution in [0.3, 0.4) is 0 Å². The minimum absolute atomic E-state index is 0.00765. The van der Waals surface area contributed by atoms with E-state index in [-0.39, 0.29) is 52.0 Å². The standard InChI is InChI=1S/C14H24N4O8.C10H15N3O6.C6H11BrO3/c1-10(13(24)25-6-2-5-16-18-15)26-12(23)4-3-11(22)17-14(7-19,8-20)9-21;1-7(19-9(16)4-3-8(14)15)10(17)18-6-2-5-12-13-11;1-5(8)6(9)10-4-2-3-7/h10,19-21H,2-9H2,1H3,(H,17,22);7H,2-6H2,1H3,(H,14,15);5,8H,2-4H2,1H3. The van der Waals surface area contributed by atoms with Gasteiger partial charge >= 0.3 is 35.8 Å². The van der Waals surface area contributed by atoms with Crippen molar-refractivity contribution in [3.8, 4) is 0 Å². The van der Waals surface area contributed by atoms with Crippen LogP contribution >= 0.6 is 15.9 Å². The summed E-state index contributed by atoms with van der Waals surface area (Å²) in [5.41, 5.74) is 14.5. The third-order valence-electron chi connectivity index (χ3n) is 5.98. The van der Waals surface area contributed by atoms with E-state index in [0.29, 0.717) is 19.4 Å². The predicted molar refractivity (Wildman–Crippen MR) is 190 cm³/mol. The van der Waals surface area contributed by atoms with E-state index in [4.69, 9.17) is 50.8 Å². The molecule has 0 aromatic heterocycles. The van der Waals surface area contributed by atoms with Crippen molar-refractivity contribution >= 4 is 57.7 Å². The van der Waals surface area contributed by atoms with E-state index < -0.39 is 85.4 Å². The summed E-state index contributed by atoms with van der Waals surface area (Å²) < 4.78 is 23.7. The maximum atomic E-state index is 11.7. The zero-order valence-electron chi connectivity index (χ0n) is 30.7. The molecule has 25 heteroatoms. The van der Waals surface area contributed by atoms with Crippen molar-refractivity contribution in [1.29, 1.82) is 0 Å². The molecule has 0 aliphatic carbocycles. The molecule has 3 atom stereocenters. The first-order valence-electron chi connectivity index (χ1n) is 16.5. The Morgan fingerprint density at radius 3 is 1.45 bits per heavy atom. The van der Waals surface area contributed by atoms with Crippen molar-refractivity contribution in [2.75, 3.05) is 58.1 Å². The van der Waals surface area contributed by atoms with Gasteiger partial charge in [-0.2, -0.15) is 0 Å². The minimum atomic E-state index is -1.58. The molecule has 24 nitrogen and oxygen atoms in total. The van der Waals surface area contributed by atoms with E-state index in [0.717, 1.165) is 11.8 Å². The quantitative estimate of drug-likeness (QED) is 0.0131. The smallest absolute Gasteiger partial charge is 0.347 e. The lowest BCUT2D eigenvalue weighted by molar-refractivity contribution is -0.167. The highest BCUT2D eigenvalue weighted by Crippen LogP contribution is 2.06. The van der Waals surface area contributed by atoms with Gasteiger partial charge in [-0.05, 0) is 51.1 Å². The van der Waals surface area contributed by atoms with E-state index in [2.05, 4.69) is 50.8 Å². The summed E-state index contributed by atoms with van der Waals surface area (Å²) in [5, 5.41) is 53.8. The maximum Gasteiger partial charge on any atom is 0.347 e. The van der Waals surface area contributed by atoms with Crippen LogP contribution in [-0.4, -0.2) is 149 Å². The number of carboxylic acids is 1. The second-order valence-corrected chi connectivity index (χ2v) is 11.6. The van der Waals surface area contributed by atoms with Gasteiger partial charge in [-0.3, -0.25) is 19.2 Å². The van der Waals surface area contributed by atoms with Crippen LogP contribution in [0.4, 0.5) is 0 Å². The number of aliphatic carboxylic acids is 1. The van der Waals surface area contributed by atoms with Crippen LogP contribution in [0.1, 0.15) is 65.7 Å². The monoisotopic (exact) mass is 859 g/mol. The second-order valence-electron chi connectivity index (χ2n) is 10.8. The third-order valence-corrected chi connectivity index (χ3v) is 6.54. The molecular weight excluding hydrogens is 810 g/mol. The summed E-state index contributed by atoms with van der Waals surface area (Å²) in [6, 6.07) is 0. The number of halogens is 1. The Bertz CT molecular complexity index is 1270. The number of carboxylic acid groups (broad SMARTS) is 1.